The molecule has 1 rings (SSSR count). The Morgan fingerprint density at radius 3 is 1.25 bits per heavy atom. The normalized spacial score (nSPS) is 13.5. The van der Waals surface area contributed by atoms with Crippen molar-refractivity contribution in [3.8, 4) is 0 Å². The van der Waals surface area contributed by atoms with Gasteiger partial charge in [0.05, 0.1) is 25.2 Å². The van der Waals surface area contributed by atoms with E-state index in [0.29, 0.717) is 43.9 Å². The van der Waals surface area contributed by atoms with Crippen molar-refractivity contribution in [3.05, 3.63) is 18.2 Å². The summed E-state index contributed by atoms with van der Waals surface area (Å²) in [5, 5.41) is 0. The molecule has 0 aliphatic heterocycles. The third kappa shape index (κ3) is 39.3. The number of carbonyl (C=O) groups is 2. The Bertz CT molecular complexity index is 1200. The van der Waals surface area contributed by atoms with Gasteiger partial charge in [0, 0.05) is 44.7 Å². The molecular formula is C62H119N3O4. The van der Waals surface area contributed by atoms with Crippen LogP contribution in [-0.4, -0.2) is 58.7 Å². The molecule has 0 aliphatic carbocycles. The summed E-state index contributed by atoms with van der Waals surface area (Å²) in [7, 11) is 0. The number of carbonyl (C=O) groups excluding carboxylic acids is 2. The monoisotopic (exact) mass is 970 g/mol. The van der Waals surface area contributed by atoms with E-state index >= 15 is 0 Å². The van der Waals surface area contributed by atoms with Crippen molar-refractivity contribution >= 4 is 11.9 Å². The molecule has 0 saturated heterocycles. The van der Waals surface area contributed by atoms with E-state index < -0.39 is 0 Å². The minimum atomic E-state index is 0.0216. The molecule has 7 nitrogen and oxygen atoms in total. The van der Waals surface area contributed by atoms with Crippen LogP contribution >= 0.6 is 0 Å². The highest BCUT2D eigenvalue weighted by atomic mass is 16.5. The van der Waals surface area contributed by atoms with Crippen molar-refractivity contribution in [3.63, 3.8) is 0 Å². The third-order valence-corrected chi connectivity index (χ3v) is 15.2. The largest absolute Gasteiger partial charge is 0.465 e. The van der Waals surface area contributed by atoms with E-state index in [-0.39, 0.29) is 11.9 Å². The molecule has 0 bridgehead atoms. The standard InChI is InChI=1S/C62H119N3O4/c1-8-14-20-31-42-57(39-17-11-4)52-65(50-38-49-64-51-56(7)63-55-64)60(45-34-27-23-25-29-36-47-61(66)68-53-58(40-18-12-5)43-32-21-15-9-2)46-35-28-24-26-30-37-48-62(67)69-54-59(41-19-13-6)44-33-22-16-10-3/h51,55,57-60H,8-50,52-54H2,1-7H3. The van der Waals surface area contributed by atoms with E-state index in [4.69, 9.17) is 9.47 Å². The maximum absolute atomic E-state index is 12.7. The maximum atomic E-state index is 12.7. The molecule has 0 radical (unpaired) electrons. The first-order valence-corrected chi connectivity index (χ1v) is 30.8. The lowest BCUT2D eigenvalue weighted by Gasteiger charge is -2.35. The number of aromatic nitrogens is 2. The van der Waals surface area contributed by atoms with Crippen molar-refractivity contribution in [2.75, 3.05) is 26.3 Å². The molecule has 0 aliphatic rings. The van der Waals surface area contributed by atoms with Crippen molar-refractivity contribution in [1.29, 1.82) is 0 Å². The zero-order valence-electron chi connectivity index (χ0n) is 47.5. The van der Waals surface area contributed by atoms with Gasteiger partial charge >= 0.3 is 11.9 Å². The van der Waals surface area contributed by atoms with Crippen LogP contribution in [0.1, 0.15) is 310 Å². The van der Waals surface area contributed by atoms with Gasteiger partial charge in [-0.05, 0) is 95.3 Å². The molecule has 1 aromatic rings. The molecule has 0 fully saturated rings. The van der Waals surface area contributed by atoms with Gasteiger partial charge in [0.2, 0.25) is 0 Å². The van der Waals surface area contributed by atoms with Gasteiger partial charge in [0.15, 0.2) is 0 Å². The van der Waals surface area contributed by atoms with Gasteiger partial charge < -0.3 is 18.9 Å². The molecule has 69 heavy (non-hydrogen) atoms. The average molecular weight is 971 g/mol. The van der Waals surface area contributed by atoms with Crippen molar-refractivity contribution in [1.82, 2.24) is 14.5 Å². The first kappa shape index (κ1) is 65.1. The summed E-state index contributed by atoms with van der Waals surface area (Å²) in [6.07, 6.45) is 54.3. The molecule has 0 amide bonds. The lowest BCUT2D eigenvalue weighted by molar-refractivity contribution is -0.146. The maximum Gasteiger partial charge on any atom is 0.305 e. The van der Waals surface area contributed by atoms with Crippen LogP contribution < -0.4 is 0 Å². The predicted molar refractivity (Wildman–Crippen MR) is 298 cm³/mol. The van der Waals surface area contributed by atoms with Crippen LogP contribution in [0.5, 0.6) is 0 Å². The zero-order valence-corrected chi connectivity index (χ0v) is 47.5. The van der Waals surface area contributed by atoms with Gasteiger partial charge in [-0.15, -0.1) is 0 Å². The van der Waals surface area contributed by atoms with Crippen LogP contribution in [0.3, 0.4) is 0 Å². The Labute approximate surface area is 430 Å². The van der Waals surface area contributed by atoms with E-state index in [9.17, 15) is 9.59 Å². The molecule has 7 heteroatoms. The number of ether oxygens (including phenoxy) is 2. The van der Waals surface area contributed by atoms with Gasteiger partial charge in [-0.3, -0.25) is 9.59 Å². The van der Waals surface area contributed by atoms with Crippen molar-refractivity contribution < 1.29 is 19.1 Å². The zero-order chi connectivity index (χ0) is 50.3. The van der Waals surface area contributed by atoms with Crippen LogP contribution in [0.2, 0.25) is 0 Å². The second-order valence-electron chi connectivity index (χ2n) is 22.0. The van der Waals surface area contributed by atoms with Gasteiger partial charge in [0.1, 0.15) is 0 Å². The number of hydrogen-bond donors (Lipinski definition) is 0. The Morgan fingerprint density at radius 2 is 0.826 bits per heavy atom. The quantitative estimate of drug-likeness (QED) is 0.0478. The fourth-order valence-corrected chi connectivity index (χ4v) is 10.6. The lowest BCUT2D eigenvalue weighted by atomic mass is 9.92. The summed E-state index contributed by atoms with van der Waals surface area (Å²) in [5.74, 6) is 1.91. The van der Waals surface area contributed by atoms with Crippen molar-refractivity contribution in [2.24, 2.45) is 17.8 Å². The van der Waals surface area contributed by atoms with E-state index in [1.54, 1.807) is 0 Å². The summed E-state index contributed by atoms with van der Waals surface area (Å²) >= 11 is 0. The fourth-order valence-electron chi connectivity index (χ4n) is 10.6. The number of rotatable bonds is 53. The molecule has 1 heterocycles. The molecule has 3 unspecified atom stereocenters. The van der Waals surface area contributed by atoms with Gasteiger partial charge in [0.25, 0.3) is 0 Å². The predicted octanol–water partition coefficient (Wildman–Crippen LogP) is 18.9. The van der Waals surface area contributed by atoms with Crippen LogP contribution in [0.25, 0.3) is 0 Å². The second-order valence-corrected chi connectivity index (χ2v) is 22.0. The molecule has 3 atom stereocenters. The van der Waals surface area contributed by atoms with E-state index in [0.717, 1.165) is 43.8 Å². The first-order chi connectivity index (χ1) is 33.8. The molecule has 1 aromatic heterocycles. The second kappa shape index (κ2) is 48.4. The molecular weight excluding hydrogens is 851 g/mol. The fraction of sp³-hybridized carbons (Fsp3) is 0.919. The Hall–Kier alpha value is -1.89. The van der Waals surface area contributed by atoms with Gasteiger partial charge in [-0.2, -0.15) is 0 Å². The first-order valence-electron chi connectivity index (χ1n) is 30.8. The highest BCUT2D eigenvalue weighted by molar-refractivity contribution is 5.69. The highest BCUT2D eigenvalue weighted by Crippen LogP contribution is 2.26. The Kier molecular flexibility index (Phi) is 45.7. The van der Waals surface area contributed by atoms with Gasteiger partial charge in [-0.1, -0.05) is 221 Å². The SMILES string of the molecule is CCCCCCC(CCCC)COC(=O)CCCCCCCCC(CCCCCCCCC(=O)OCC(CCCC)CCCCCC)N(CCCn1cnc(C)c1)CC(CCCC)CCCCCC. The molecule has 0 N–H and O–H groups in total. The number of imidazole rings is 1. The number of hydrogen-bond acceptors (Lipinski definition) is 6. The molecule has 406 valence electrons. The average Bonchev–Trinajstić information content (AvgIpc) is 3.77. The summed E-state index contributed by atoms with van der Waals surface area (Å²) in [4.78, 5) is 32.9. The minimum absolute atomic E-state index is 0.0216. The lowest BCUT2D eigenvalue weighted by Crippen LogP contribution is -2.40. The van der Waals surface area contributed by atoms with Crippen LogP contribution in [0.4, 0.5) is 0 Å². The summed E-state index contributed by atoms with van der Waals surface area (Å²) in [6, 6.07) is 0.638. The van der Waals surface area contributed by atoms with E-state index in [2.05, 4.69) is 69.1 Å². The number of esters is 2. The number of aryl methyl sites for hydroxylation is 2. The topological polar surface area (TPSA) is 73.7 Å². The third-order valence-electron chi connectivity index (χ3n) is 15.2. The highest BCUT2D eigenvalue weighted by Gasteiger charge is 2.22. The summed E-state index contributed by atoms with van der Waals surface area (Å²) < 4.78 is 14.0. The molecule has 0 aromatic carbocycles. The summed E-state index contributed by atoms with van der Waals surface area (Å²) in [5.41, 5.74) is 1.11. The Morgan fingerprint density at radius 1 is 0.464 bits per heavy atom. The number of nitrogens with zero attached hydrogens (tertiary/aromatic N) is 3. The van der Waals surface area contributed by atoms with Gasteiger partial charge in [-0.25, -0.2) is 4.98 Å². The molecule has 0 saturated carbocycles. The molecule has 0 spiro atoms. The Balaban J connectivity index is 2.77. The summed E-state index contributed by atoms with van der Waals surface area (Å²) in [6.45, 7) is 20.6. The minimum Gasteiger partial charge on any atom is -0.465 e. The van der Waals surface area contributed by atoms with Crippen molar-refractivity contribution in [2.45, 2.75) is 324 Å². The number of unbranched alkanes of at least 4 members (excludes halogenated alkanes) is 22. The smallest absolute Gasteiger partial charge is 0.305 e. The van der Waals surface area contributed by atoms with Crippen LogP contribution in [0.15, 0.2) is 12.5 Å². The van der Waals surface area contributed by atoms with E-state index in [1.807, 2.05) is 6.33 Å². The van der Waals surface area contributed by atoms with E-state index in [1.165, 1.54) is 238 Å². The van der Waals surface area contributed by atoms with Crippen LogP contribution in [-0.2, 0) is 25.6 Å². The van der Waals surface area contributed by atoms with Crippen LogP contribution in [0, 0.1) is 24.7 Å².